The summed E-state index contributed by atoms with van der Waals surface area (Å²) in [6.07, 6.45) is 6.44. The molecule has 2 rings (SSSR count). The maximum atomic E-state index is 11.3. The molecule has 0 atom stereocenters. The number of rotatable bonds is 7. The zero-order valence-corrected chi connectivity index (χ0v) is 11.5. The van der Waals surface area contributed by atoms with Gasteiger partial charge in [0, 0.05) is 11.8 Å². The molecule has 0 saturated heterocycles. The van der Waals surface area contributed by atoms with Gasteiger partial charge in [0.15, 0.2) is 0 Å². The summed E-state index contributed by atoms with van der Waals surface area (Å²) in [6.45, 7) is 2.89. The summed E-state index contributed by atoms with van der Waals surface area (Å²) in [5.74, 6) is 0.697. The molecule has 0 aliphatic carbocycles. The maximum Gasteiger partial charge on any atom is 0.228 e. The second-order valence-electron chi connectivity index (χ2n) is 5.03. The minimum Gasteiger partial charge on any atom is -0.491 e. The van der Waals surface area contributed by atoms with Gasteiger partial charge in [0.2, 0.25) is 5.91 Å². The average molecular weight is 262 g/mol. The van der Waals surface area contributed by atoms with Crippen molar-refractivity contribution >= 4 is 17.3 Å². The second-order valence-corrected chi connectivity index (χ2v) is 5.03. The number of hydrogen-bond donors (Lipinski definition) is 2. The summed E-state index contributed by atoms with van der Waals surface area (Å²) in [6, 6.07) is 3.67. The van der Waals surface area contributed by atoms with E-state index in [1.807, 2.05) is 12.1 Å². The number of nitrogen functional groups attached to an aromatic ring is 1. The fraction of sp³-hybridized carbons (Fsp3) is 0.533. The number of nitrogens with one attached hydrogen (secondary N) is 1. The van der Waals surface area contributed by atoms with E-state index in [-0.39, 0.29) is 5.91 Å². The Labute approximate surface area is 114 Å². The van der Waals surface area contributed by atoms with E-state index in [2.05, 4.69) is 12.2 Å². The molecular formula is C15H22N2O2. The Morgan fingerprint density at radius 1 is 1.26 bits per heavy atom. The van der Waals surface area contributed by atoms with Crippen molar-refractivity contribution in [2.45, 2.75) is 45.4 Å². The monoisotopic (exact) mass is 262 g/mol. The summed E-state index contributed by atoms with van der Waals surface area (Å²) in [5.41, 5.74) is 8.34. The molecule has 0 aromatic heterocycles. The number of carbonyl (C=O) groups is 1. The Morgan fingerprint density at radius 2 is 2.05 bits per heavy atom. The SMILES string of the molecule is CCCCCCCOc1cc2c(cc1N)CC(=O)N2. The van der Waals surface area contributed by atoms with E-state index in [0.717, 1.165) is 17.7 Å². The van der Waals surface area contributed by atoms with E-state index in [0.29, 0.717) is 24.5 Å². The van der Waals surface area contributed by atoms with Crippen LogP contribution in [0.2, 0.25) is 0 Å². The van der Waals surface area contributed by atoms with E-state index in [9.17, 15) is 4.79 Å². The number of ether oxygens (including phenoxy) is 1. The number of carbonyl (C=O) groups excluding carboxylic acids is 1. The summed E-state index contributed by atoms with van der Waals surface area (Å²) in [4.78, 5) is 11.3. The molecule has 1 aromatic carbocycles. The van der Waals surface area contributed by atoms with Crippen molar-refractivity contribution in [3.63, 3.8) is 0 Å². The fourth-order valence-electron chi connectivity index (χ4n) is 2.29. The van der Waals surface area contributed by atoms with Crippen molar-refractivity contribution in [3.8, 4) is 5.75 Å². The topological polar surface area (TPSA) is 64.3 Å². The van der Waals surface area contributed by atoms with E-state index in [1.165, 1.54) is 25.7 Å². The van der Waals surface area contributed by atoms with Crippen LogP contribution >= 0.6 is 0 Å². The van der Waals surface area contributed by atoms with Gasteiger partial charge in [-0.25, -0.2) is 0 Å². The Hall–Kier alpha value is -1.71. The van der Waals surface area contributed by atoms with E-state index < -0.39 is 0 Å². The van der Waals surface area contributed by atoms with Crippen molar-refractivity contribution in [3.05, 3.63) is 17.7 Å². The first kappa shape index (κ1) is 13.7. The smallest absolute Gasteiger partial charge is 0.228 e. The number of amides is 1. The predicted octanol–water partition coefficient (Wildman–Crippen LogP) is 3.11. The van der Waals surface area contributed by atoms with Gasteiger partial charge in [-0.15, -0.1) is 0 Å². The van der Waals surface area contributed by atoms with Gasteiger partial charge in [-0.1, -0.05) is 32.6 Å². The Balaban J connectivity index is 1.84. The molecule has 3 N–H and O–H groups in total. The lowest BCUT2D eigenvalue weighted by Gasteiger charge is -2.10. The van der Waals surface area contributed by atoms with Crippen LogP contribution in [0.5, 0.6) is 5.75 Å². The number of benzene rings is 1. The zero-order chi connectivity index (χ0) is 13.7. The molecular weight excluding hydrogens is 240 g/mol. The van der Waals surface area contributed by atoms with Crippen LogP contribution < -0.4 is 15.8 Å². The number of hydrogen-bond acceptors (Lipinski definition) is 3. The van der Waals surface area contributed by atoms with Crippen molar-refractivity contribution in [2.24, 2.45) is 0 Å². The van der Waals surface area contributed by atoms with Gasteiger partial charge in [0.1, 0.15) is 5.75 Å². The Morgan fingerprint density at radius 3 is 2.84 bits per heavy atom. The van der Waals surface area contributed by atoms with Crippen LogP contribution in [0.3, 0.4) is 0 Å². The number of fused-ring (bicyclic) bond motifs is 1. The molecule has 1 amide bonds. The van der Waals surface area contributed by atoms with Crippen molar-refractivity contribution in [2.75, 3.05) is 17.7 Å². The van der Waals surface area contributed by atoms with Crippen LogP contribution in [0.15, 0.2) is 12.1 Å². The molecule has 104 valence electrons. The zero-order valence-electron chi connectivity index (χ0n) is 11.5. The first-order valence-electron chi connectivity index (χ1n) is 7.05. The molecule has 19 heavy (non-hydrogen) atoms. The highest BCUT2D eigenvalue weighted by atomic mass is 16.5. The molecule has 0 unspecified atom stereocenters. The number of unbranched alkanes of at least 4 members (excludes halogenated alkanes) is 4. The summed E-state index contributed by atoms with van der Waals surface area (Å²) in [5, 5.41) is 2.81. The standard InChI is InChI=1S/C15H22N2O2/c1-2-3-4-5-6-7-19-14-10-13-11(8-12(14)16)9-15(18)17-13/h8,10H,2-7,9,16H2,1H3,(H,17,18). The van der Waals surface area contributed by atoms with Gasteiger partial charge in [0.05, 0.1) is 18.7 Å². The number of nitrogens with two attached hydrogens (primary N) is 1. The first-order valence-corrected chi connectivity index (χ1v) is 7.05. The third-order valence-corrected chi connectivity index (χ3v) is 3.37. The van der Waals surface area contributed by atoms with Crippen LogP contribution in [-0.2, 0) is 11.2 Å². The summed E-state index contributed by atoms with van der Waals surface area (Å²) in [7, 11) is 0. The average Bonchev–Trinajstić information content (AvgIpc) is 2.72. The molecule has 0 radical (unpaired) electrons. The Kier molecular flexibility index (Phi) is 4.66. The Bertz CT molecular complexity index is 458. The summed E-state index contributed by atoms with van der Waals surface area (Å²) < 4.78 is 5.70. The lowest BCUT2D eigenvalue weighted by Crippen LogP contribution is -2.04. The van der Waals surface area contributed by atoms with Crippen molar-refractivity contribution in [1.82, 2.24) is 0 Å². The van der Waals surface area contributed by atoms with Gasteiger partial charge in [0.25, 0.3) is 0 Å². The van der Waals surface area contributed by atoms with Crippen LogP contribution in [0.1, 0.15) is 44.6 Å². The van der Waals surface area contributed by atoms with Gasteiger partial charge < -0.3 is 15.8 Å². The molecule has 0 fully saturated rings. The first-order chi connectivity index (χ1) is 9.20. The van der Waals surface area contributed by atoms with Gasteiger partial charge in [-0.2, -0.15) is 0 Å². The molecule has 4 heteroatoms. The van der Waals surface area contributed by atoms with Crippen LogP contribution in [0.25, 0.3) is 0 Å². The lowest BCUT2D eigenvalue weighted by atomic mass is 10.1. The van der Waals surface area contributed by atoms with Gasteiger partial charge in [-0.05, 0) is 18.1 Å². The van der Waals surface area contributed by atoms with Crippen LogP contribution in [0, 0.1) is 0 Å². The third kappa shape index (κ3) is 3.63. The minimum atomic E-state index is 0.0196. The molecule has 1 aliphatic rings. The highest BCUT2D eigenvalue weighted by Crippen LogP contribution is 2.33. The molecule has 1 aromatic rings. The van der Waals surface area contributed by atoms with E-state index >= 15 is 0 Å². The fourth-order valence-corrected chi connectivity index (χ4v) is 2.29. The third-order valence-electron chi connectivity index (χ3n) is 3.37. The maximum absolute atomic E-state index is 11.3. The second kappa shape index (κ2) is 6.45. The van der Waals surface area contributed by atoms with Crippen molar-refractivity contribution < 1.29 is 9.53 Å². The van der Waals surface area contributed by atoms with Crippen molar-refractivity contribution in [1.29, 1.82) is 0 Å². The molecule has 0 saturated carbocycles. The molecule has 4 nitrogen and oxygen atoms in total. The van der Waals surface area contributed by atoms with Crippen LogP contribution in [-0.4, -0.2) is 12.5 Å². The molecule has 0 spiro atoms. The van der Waals surface area contributed by atoms with Gasteiger partial charge in [-0.3, -0.25) is 4.79 Å². The van der Waals surface area contributed by atoms with Gasteiger partial charge >= 0.3 is 0 Å². The van der Waals surface area contributed by atoms with E-state index in [4.69, 9.17) is 10.5 Å². The highest BCUT2D eigenvalue weighted by Gasteiger charge is 2.19. The molecule has 0 bridgehead atoms. The largest absolute Gasteiger partial charge is 0.491 e. The summed E-state index contributed by atoms with van der Waals surface area (Å²) >= 11 is 0. The normalized spacial score (nSPS) is 13.2. The minimum absolute atomic E-state index is 0.0196. The predicted molar refractivity (Wildman–Crippen MR) is 77.4 cm³/mol. The van der Waals surface area contributed by atoms with Crippen LogP contribution in [0.4, 0.5) is 11.4 Å². The molecule has 1 heterocycles. The number of anilines is 2. The van der Waals surface area contributed by atoms with E-state index in [1.54, 1.807) is 0 Å². The molecule has 1 aliphatic heterocycles. The lowest BCUT2D eigenvalue weighted by molar-refractivity contribution is -0.115. The highest BCUT2D eigenvalue weighted by molar-refractivity contribution is 6.00. The quantitative estimate of drug-likeness (QED) is 0.586.